The van der Waals surface area contributed by atoms with Gasteiger partial charge in [0.05, 0.1) is 12.1 Å². The average molecular weight is 421 g/mol. The van der Waals surface area contributed by atoms with E-state index in [4.69, 9.17) is 19.2 Å². The summed E-state index contributed by atoms with van der Waals surface area (Å²) in [4.78, 5) is 36.0. The third kappa shape index (κ3) is 5.00. The molecule has 9 heteroatoms. The number of rotatable bonds is 4. The van der Waals surface area contributed by atoms with E-state index in [0.717, 1.165) is 25.9 Å². The number of methoxy groups -OCH3 is 1. The molecule has 1 saturated heterocycles. The van der Waals surface area contributed by atoms with Gasteiger partial charge < -0.3 is 24.6 Å². The summed E-state index contributed by atoms with van der Waals surface area (Å²) >= 11 is 0. The van der Waals surface area contributed by atoms with Crippen LogP contribution in [0.2, 0.25) is 0 Å². The number of aromatic nitrogens is 1. The topological polar surface area (TPSA) is 122 Å². The second kappa shape index (κ2) is 10.1. The van der Waals surface area contributed by atoms with Crippen molar-refractivity contribution in [3.8, 4) is 0 Å². The Morgan fingerprint density at radius 1 is 1.27 bits per heavy atom. The average Bonchev–Trinajstić information content (AvgIpc) is 3.44. The first-order valence-corrected chi connectivity index (χ1v) is 10.6. The molecule has 0 aromatic carbocycles. The predicted molar refractivity (Wildman–Crippen MR) is 107 cm³/mol. The van der Waals surface area contributed by atoms with Crippen molar-refractivity contribution in [1.29, 1.82) is 0 Å². The molecule has 3 fully saturated rings. The molecule has 0 radical (unpaired) electrons. The Balaban J connectivity index is 0.000000806. The Bertz CT molecular complexity index is 739. The van der Waals surface area contributed by atoms with Crippen LogP contribution in [0.15, 0.2) is 10.6 Å². The summed E-state index contributed by atoms with van der Waals surface area (Å²) in [5, 5.41) is 13.7. The second-order valence-electron chi connectivity index (χ2n) is 8.49. The lowest BCUT2D eigenvalue weighted by Crippen LogP contribution is -2.50. The zero-order chi connectivity index (χ0) is 21.7. The molecule has 1 aromatic rings. The van der Waals surface area contributed by atoms with Crippen LogP contribution < -0.4 is 5.32 Å². The van der Waals surface area contributed by atoms with Crippen LogP contribution in [0.1, 0.15) is 54.8 Å². The van der Waals surface area contributed by atoms with Crippen molar-refractivity contribution in [3.63, 3.8) is 0 Å². The number of nitrogens with one attached hydrogen (secondary N) is 1. The van der Waals surface area contributed by atoms with E-state index >= 15 is 0 Å². The summed E-state index contributed by atoms with van der Waals surface area (Å²) in [6.07, 6.45) is 5.97. The van der Waals surface area contributed by atoms with Gasteiger partial charge in [-0.05, 0) is 50.9 Å². The Labute approximate surface area is 176 Å². The summed E-state index contributed by atoms with van der Waals surface area (Å²) in [7, 11) is 1.66. The van der Waals surface area contributed by atoms with E-state index in [1.54, 1.807) is 20.1 Å². The normalized spacial score (nSPS) is 30.2. The third-order valence-corrected chi connectivity index (χ3v) is 6.65. The lowest BCUT2D eigenvalue weighted by Gasteiger charge is -2.36. The van der Waals surface area contributed by atoms with Crippen molar-refractivity contribution in [1.82, 2.24) is 15.4 Å². The molecule has 0 bridgehead atoms. The maximum absolute atomic E-state index is 13.1. The molecule has 9 nitrogen and oxygen atoms in total. The largest absolute Gasteiger partial charge is 0.483 e. The molecule has 4 rings (SSSR count). The molecule has 1 aromatic heterocycles. The number of ether oxygens (including phenoxy) is 1. The number of carbonyl (C=O) groups excluding carboxylic acids is 2. The first-order valence-electron chi connectivity index (χ1n) is 10.6. The molecule has 30 heavy (non-hydrogen) atoms. The summed E-state index contributed by atoms with van der Waals surface area (Å²) in [6, 6.07) is 1.43. The van der Waals surface area contributed by atoms with Gasteiger partial charge in [0, 0.05) is 32.2 Å². The van der Waals surface area contributed by atoms with E-state index in [9.17, 15) is 9.59 Å². The molecule has 3 aliphatic rings. The van der Waals surface area contributed by atoms with Crippen molar-refractivity contribution in [3.05, 3.63) is 17.5 Å². The lowest BCUT2D eigenvalue weighted by atomic mass is 9.82. The molecular formula is C21H31N3O6. The van der Waals surface area contributed by atoms with Crippen LogP contribution >= 0.6 is 0 Å². The van der Waals surface area contributed by atoms with Crippen molar-refractivity contribution in [2.75, 3.05) is 20.2 Å². The summed E-state index contributed by atoms with van der Waals surface area (Å²) < 4.78 is 10.6. The number of carboxylic acid groups (broad SMARTS) is 1. The van der Waals surface area contributed by atoms with Crippen LogP contribution in [0.25, 0.3) is 0 Å². The van der Waals surface area contributed by atoms with Crippen LogP contribution in [0.3, 0.4) is 0 Å². The number of likely N-dealkylation sites (tertiary alicyclic amines) is 1. The SMILES string of the molecule is CO[C@@H]1CC[C@H](C(=O)N2C[C@H]3CCC[C@H]3C2)C[C@H]1NC(=O)c1cc(C)on1.O=CO. The van der Waals surface area contributed by atoms with E-state index in [-0.39, 0.29) is 42.0 Å². The van der Waals surface area contributed by atoms with Crippen molar-refractivity contribution in [2.45, 2.75) is 57.6 Å². The summed E-state index contributed by atoms with van der Waals surface area (Å²) in [6.45, 7) is 3.34. The fraction of sp³-hybridized carbons (Fsp3) is 0.714. The van der Waals surface area contributed by atoms with Gasteiger partial charge in [-0.2, -0.15) is 0 Å². The Morgan fingerprint density at radius 2 is 1.93 bits per heavy atom. The highest BCUT2D eigenvalue weighted by atomic mass is 16.5. The van der Waals surface area contributed by atoms with Crippen LogP contribution in [-0.2, 0) is 14.3 Å². The highest BCUT2D eigenvalue weighted by Gasteiger charge is 2.42. The number of nitrogens with zero attached hydrogens (tertiary/aromatic N) is 2. The van der Waals surface area contributed by atoms with E-state index in [0.29, 0.717) is 24.0 Å². The van der Waals surface area contributed by atoms with E-state index in [1.165, 1.54) is 19.3 Å². The monoisotopic (exact) mass is 421 g/mol. The Kier molecular flexibility index (Phi) is 7.47. The van der Waals surface area contributed by atoms with Crippen molar-refractivity contribution in [2.24, 2.45) is 17.8 Å². The molecule has 0 unspecified atom stereocenters. The van der Waals surface area contributed by atoms with Crippen LogP contribution in [0.5, 0.6) is 0 Å². The summed E-state index contributed by atoms with van der Waals surface area (Å²) in [5.74, 6) is 1.95. The number of amides is 2. The molecular weight excluding hydrogens is 390 g/mol. The molecule has 2 saturated carbocycles. The standard InChI is InChI=1S/C20H29N3O4.CH2O2/c1-12-8-17(22-27-12)19(24)21-16-9-13(6-7-18(16)26-2)20(25)23-10-14-4-3-5-15(14)11-23;2-1-3/h8,13-16,18H,3-7,9-11H2,1-2H3,(H,21,24);1H,(H,2,3)/t13-,14-,15+,16+,18+;/m0./s1. The molecule has 2 amide bonds. The van der Waals surface area contributed by atoms with Gasteiger partial charge >= 0.3 is 0 Å². The number of aryl methyl sites for hydroxylation is 1. The second-order valence-corrected chi connectivity index (χ2v) is 8.49. The molecule has 0 spiro atoms. The fourth-order valence-corrected chi connectivity index (χ4v) is 5.19. The minimum atomic E-state index is -0.275. The minimum absolute atomic E-state index is 0.0421. The van der Waals surface area contributed by atoms with Gasteiger partial charge in [0.15, 0.2) is 5.69 Å². The molecule has 166 valence electrons. The van der Waals surface area contributed by atoms with Crippen molar-refractivity contribution < 1.29 is 28.8 Å². The molecule has 2 aliphatic carbocycles. The van der Waals surface area contributed by atoms with E-state index in [2.05, 4.69) is 15.4 Å². The molecule has 5 atom stereocenters. The minimum Gasteiger partial charge on any atom is -0.483 e. The van der Waals surface area contributed by atoms with Crippen LogP contribution in [0, 0.1) is 24.7 Å². The highest BCUT2D eigenvalue weighted by Crippen LogP contribution is 2.39. The first kappa shape index (κ1) is 22.3. The van der Waals surface area contributed by atoms with Gasteiger partial charge in [0.25, 0.3) is 12.4 Å². The third-order valence-electron chi connectivity index (χ3n) is 6.65. The highest BCUT2D eigenvalue weighted by molar-refractivity contribution is 5.92. The van der Waals surface area contributed by atoms with Gasteiger partial charge in [0.2, 0.25) is 5.91 Å². The van der Waals surface area contributed by atoms with Gasteiger partial charge in [-0.25, -0.2) is 0 Å². The quantitative estimate of drug-likeness (QED) is 0.712. The van der Waals surface area contributed by atoms with Crippen molar-refractivity contribution >= 4 is 18.3 Å². The molecule has 1 aliphatic heterocycles. The smallest absolute Gasteiger partial charge is 0.290 e. The van der Waals surface area contributed by atoms with E-state index < -0.39 is 0 Å². The number of carbonyl (C=O) groups is 3. The van der Waals surface area contributed by atoms with Crippen LogP contribution in [0.4, 0.5) is 0 Å². The number of hydrogen-bond acceptors (Lipinski definition) is 6. The van der Waals surface area contributed by atoms with Gasteiger partial charge in [-0.3, -0.25) is 14.4 Å². The Morgan fingerprint density at radius 3 is 2.50 bits per heavy atom. The zero-order valence-electron chi connectivity index (χ0n) is 17.6. The summed E-state index contributed by atoms with van der Waals surface area (Å²) in [5.41, 5.74) is 0.267. The maximum atomic E-state index is 13.1. The van der Waals surface area contributed by atoms with Gasteiger partial charge in [-0.15, -0.1) is 0 Å². The van der Waals surface area contributed by atoms with E-state index in [1.807, 2.05) is 0 Å². The number of fused-ring (bicyclic) bond motifs is 1. The Hall–Kier alpha value is -2.42. The van der Waals surface area contributed by atoms with Gasteiger partial charge in [-0.1, -0.05) is 11.6 Å². The van der Waals surface area contributed by atoms with Crippen LogP contribution in [-0.4, -0.2) is 65.8 Å². The maximum Gasteiger partial charge on any atom is 0.290 e. The molecule has 2 heterocycles. The fourth-order valence-electron chi connectivity index (χ4n) is 5.19. The zero-order valence-corrected chi connectivity index (χ0v) is 17.6. The molecule has 2 N–H and O–H groups in total. The predicted octanol–water partition coefficient (Wildman–Crippen LogP) is 1.86. The first-order chi connectivity index (χ1) is 14.5. The number of hydrogen-bond donors (Lipinski definition) is 2. The lowest BCUT2D eigenvalue weighted by molar-refractivity contribution is -0.137. The van der Waals surface area contributed by atoms with Gasteiger partial charge in [0.1, 0.15) is 5.76 Å².